The molecule has 0 amide bonds. The van der Waals surface area contributed by atoms with Crippen LogP contribution in [0.4, 0.5) is 0 Å². The van der Waals surface area contributed by atoms with E-state index in [9.17, 15) is 15.0 Å². The number of hydrogen-bond acceptors (Lipinski definition) is 8. The summed E-state index contributed by atoms with van der Waals surface area (Å²) in [4.78, 5) is 27.2. The van der Waals surface area contributed by atoms with Crippen molar-refractivity contribution in [2.75, 3.05) is 7.11 Å². The molecule has 6 aliphatic rings. The van der Waals surface area contributed by atoms with Gasteiger partial charge in [0.2, 0.25) is 0 Å². The first kappa shape index (κ1) is 27.8. The third kappa shape index (κ3) is 4.24. The topological polar surface area (TPSA) is 116 Å². The Hall–Kier alpha value is -4.30. The number of nitrogens with zero attached hydrogens (tertiary/aromatic N) is 3. The molecule has 5 heterocycles. The van der Waals surface area contributed by atoms with Crippen LogP contribution in [0.5, 0.6) is 0 Å². The van der Waals surface area contributed by atoms with Crippen molar-refractivity contribution in [2.24, 2.45) is 26.8 Å². The molecular formula is C34H36N4O4. The molecule has 0 radical (unpaired) electrons. The van der Waals surface area contributed by atoms with Crippen LogP contribution in [0.25, 0.3) is 0 Å². The van der Waals surface area contributed by atoms with Gasteiger partial charge in [0.25, 0.3) is 0 Å². The van der Waals surface area contributed by atoms with E-state index in [1.54, 1.807) is 13.0 Å². The van der Waals surface area contributed by atoms with Gasteiger partial charge in [-0.15, -0.1) is 0 Å². The predicted octanol–water partition coefficient (Wildman–Crippen LogP) is 5.77. The number of nitrogens with one attached hydrogen (secondary N) is 1. The van der Waals surface area contributed by atoms with E-state index in [2.05, 4.69) is 18.8 Å². The molecule has 8 nitrogen and oxygen atoms in total. The van der Waals surface area contributed by atoms with Gasteiger partial charge < -0.3 is 20.3 Å². The number of aliphatic hydroxyl groups excluding tert-OH is 2. The van der Waals surface area contributed by atoms with Gasteiger partial charge >= 0.3 is 5.97 Å². The molecule has 0 saturated carbocycles. The zero-order valence-corrected chi connectivity index (χ0v) is 24.9. The lowest BCUT2D eigenvalue weighted by atomic mass is 9.86. The number of ether oxygens (including phenoxy) is 1. The van der Waals surface area contributed by atoms with Crippen molar-refractivity contribution >= 4 is 23.1 Å². The van der Waals surface area contributed by atoms with Gasteiger partial charge in [0.05, 0.1) is 47.4 Å². The van der Waals surface area contributed by atoms with E-state index in [0.29, 0.717) is 24.3 Å². The van der Waals surface area contributed by atoms with Gasteiger partial charge in [0, 0.05) is 58.4 Å². The monoisotopic (exact) mass is 564 g/mol. The molecule has 216 valence electrons. The van der Waals surface area contributed by atoms with Crippen LogP contribution in [0.2, 0.25) is 0 Å². The maximum atomic E-state index is 12.2. The van der Waals surface area contributed by atoms with E-state index in [1.807, 2.05) is 39.0 Å². The molecule has 0 unspecified atom stereocenters. The Morgan fingerprint density at radius 2 is 1.83 bits per heavy atom. The number of carbonyl (C=O) groups excluding carboxylic acids is 1. The number of rotatable bonds is 5. The molecule has 1 fully saturated rings. The third-order valence-corrected chi connectivity index (χ3v) is 9.17. The Balaban J connectivity index is 1.61. The van der Waals surface area contributed by atoms with Crippen LogP contribution in [-0.4, -0.2) is 46.5 Å². The molecule has 8 bridgehead atoms. The fraction of sp³-hybridized carbons (Fsp3) is 0.353. The van der Waals surface area contributed by atoms with Crippen molar-refractivity contribution < 1.29 is 19.7 Å². The smallest absolute Gasteiger partial charge is 0.305 e. The van der Waals surface area contributed by atoms with Crippen LogP contribution in [0.1, 0.15) is 53.9 Å². The highest BCUT2D eigenvalue weighted by atomic mass is 16.5. The summed E-state index contributed by atoms with van der Waals surface area (Å²) in [6.07, 6.45) is 8.23. The summed E-state index contributed by atoms with van der Waals surface area (Å²) < 4.78 is 4.96. The van der Waals surface area contributed by atoms with E-state index in [0.717, 1.165) is 78.9 Å². The molecular weight excluding hydrogens is 528 g/mol. The highest BCUT2D eigenvalue weighted by Crippen LogP contribution is 2.46. The average Bonchev–Trinajstić information content (AvgIpc) is 3.70. The van der Waals surface area contributed by atoms with Gasteiger partial charge in [-0.3, -0.25) is 4.79 Å². The Morgan fingerprint density at radius 3 is 2.52 bits per heavy atom. The van der Waals surface area contributed by atoms with Gasteiger partial charge in [0.1, 0.15) is 5.76 Å². The SMILES string of the molecule is C=CC1=C(C)C2=NC1=CC1=C(C)C3=C(O)CC(=C4NC(=CC5=NC(=C2)C([C@H](C)O)=C5C)[C@@H](C)[C@@H]4CCC(=O)OC)C3=N1. The zero-order valence-electron chi connectivity index (χ0n) is 24.9. The number of hydrogen-bond donors (Lipinski definition) is 3. The minimum atomic E-state index is -0.720. The molecule has 3 N–H and O–H groups in total. The second-order valence-electron chi connectivity index (χ2n) is 11.6. The molecule has 5 aliphatic heterocycles. The van der Waals surface area contributed by atoms with Crippen molar-refractivity contribution in [2.45, 2.75) is 60.0 Å². The van der Waals surface area contributed by atoms with Gasteiger partial charge in [-0.25, -0.2) is 15.0 Å². The van der Waals surface area contributed by atoms with Crippen LogP contribution in [0, 0.1) is 11.8 Å². The number of methoxy groups -OCH3 is 1. The Kier molecular flexibility index (Phi) is 6.77. The lowest BCUT2D eigenvalue weighted by Crippen LogP contribution is -2.16. The highest BCUT2D eigenvalue weighted by Gasteiger charge is 2.41. The van der Waals surface area contributed by atoms with Crippen LogP contribution in [-0.2, 0) is 9.53 Å². The van der Waals surface area contributed by atoms with E-state index >= 15 is 0 Å². The molecule has 1 aliphatic carbocycles. The molecule has 0 aromatic carbocycles. The largest absolute Gasteiger partial charge is 0.511 e. The van der Waals surface area contributed by atoms with Gasteiger partial charge in [0.15, 0.2) is 0 Å². The number of fused-ring (bicyclic) bond motifs is 5. The van der Waals surface area contributed by atoms with E-state index < -0.39 is 6.10 Å². The first-order valence-electron chi connectivity index (χ1n) is 14.4. The average molecular weight is 565 g/mol. The standard InChI is InChI=1S/C34H36N4O4/c1-8-20-15(2)23-14-28-31(19(6)39)17(4)25(36-28)12-24-16(3)21(9-10-30(41)42-7)33(37-24)22-11-29(40)32-18(5)26(38-34(22)32)13-27(20)35-23/h8,12-14,16,19,21,37,39-40H,1,9-11H2,2-7H3/t16-,19-,21-/m0/s1. The maximum Gasteiger partial charge on any atom is 0.305 e. The summed E-state index contributed by atoms with van der Waals surface area (Å²) >= 11 is 0. The normalized spacial score (nSPS) is 25.4. The summed E-state index contributed by atoms with van der Waals surface area (Å²) in [7, 11) is 1.41. The summed E-state index contributed by atoms with van der Waals surface area (Å²) in [6.45, 7) is 13.9. The first-order chi connectivity index (χ1) is 20.0. The van der Waals surface area contributed by atoms with E-state index in [4.69, 9.17) is 19.7 Å². The van der Waals surface area contributed by atoms with Gasteiger partial charge in [-0.1, -0.05) is 19.6 Å². The first-order valence-corrected chi connectivity index (χ1v) is 14.4. The predicted molar refractivity (Wildman–Crippen MR) is 165 cm³/mol. The van der Waals surface area contributed by atoms with Crippen LogP contribution >= 0.6 is 0 Å². The quantitative estimate of drug-likeness (QED) is 0.367. The van der Waals surface area contributed by atoms with Crippen molar-refractivity contribution in [3.8, 4) is 0 Å². The Labute approximate surface area is 246 Å². The summed E-state index contributed by atoms with van der Waals surface area (Å²) in [5.41, 5.74) is 12.5. The highest BCUT2D eigenvalue weighted by molar-refractivity contribution is 6.21. The van der Waals surface area contributed by atoms with Crippen molar-refractivity contribution in [3.63, 3.8) is 0 Å². The molecule has 6 rings (SSSR count). The van der Waals surface area contributed by atoms with Crippen molar-refractivity contribution in [3.05, 3.63) is 104 Å². The van der Waals surface area contributed by atoms with Crippen molar-refractivity contribution in [1.82, 2.24) is 5.32 Å². The second-order valence-corrected chi connectivity index (χ2v) is 11.6. The van der Waals surface area contributed by atoms with Crippen molar-refractivity contribution in [1.29, 1.82) is 0 Å². The summed E-state index contributed by atoms with van der Waals surface area (Å²) in [6, 6.07) is 0. The Bertz CT molecular complexity index is 1710. The molecule has 0 aromatic heterocycles. The lowest BCUT2D eigenvalue weighted by molar-refractivity contribution is -0.140. The van der Waals surface area contributed by atoms with Crippen LogP contribution < -0.4 is 5.32 Å². The second kappa shape index (κ2) is 10.2. The fourth-order valence-corrected chi connectivity index (χ4v) is 6.81. The van der Waals surface area contributed by atoms with Crippen LogP contribution in [0.3, 0.4) is 0 Å². The molecule has 42 heavy (non-hydrogen) atoms. The van der Waals surface area contributed by atoms with E-state index in [-0.39, 0.29) is 24.2 Å². The van der Waals surface area contributed by atoms with Gasteiger partial charge in [-0.05, 0) is 69.1 Å². The minimum absolute atomic E-state index is 0.0179. The lowest BCUT2D eigenvalue weighted by Gasteiger charge is -2.17. The van der Waals surface area contributed by atoms with E-state index in [1.165, 1.54) is 7.11 Å². The molecule has 8 heteroatoms. The maximum absolute atomic E-state index is 12.2. The number of esters is 1. The number of allylic oxidation sites excluding steroid dienone is 11. The number of aliphatic hydroxyl groups is 2. The fourth-order valence-electron chi connectivity index (χ4n) is 6.81. The third-order valence-electron chi connectivity index (χ3n) is 9.17. The molecule has 3 atom stereocenters. The number of carbonyl (C=O) groups is 1. The summed E-state index contributed by atoms with van der Waals surface area (Å²) in [5, 5.41) is 25.6. The summed E-state index contributed by atoms with van der Waals surface area (Å²) in [5.74, 6) is 0.0564. The molecule has 0 spiro atoms. The molecule has 1 saturated heterocycles. The number of aliphatic imine (C=N–C) groups is 3. The molecule has 0 aromatic rings. The minimum Gasteiger partial charge on any atom is -0.511 e. The Morgan fingerprint density at radius 1 is 1.12 bits per heavy atom. The van der Waals surface area contributed by atoms with Gasteiger partial charge in [-0.2, -0.15) is 0 Å². The zero-order chi connectivity index (χ0) is 30.0. The van der Waals surface area contributed by atoms with Crippen LogP contribution in [0.15, 0.2) is 119 Å².